The van der Waals surface area contributed by atoms with Crippen molar-refractivity contribution in [2.75, 3.05) is 5.32 Å². The van der Waals surface area contributed by atoms with Crippen molar-refractivity contribution in [3.05, 3.63) is 178 Å². The lowest BCUT2D eigenvalue weighted by Crippen LogP contribution is -2.28. The molecule has 45 heavy (non-hydrogen) atoms. The van der Waals surface area contributed by atoms with Gasteiger partial charge in [0, 0.05) is 16.8 Å². The molecule has 0 heterocycles. The number of fused-ring (bicyclic) bond motifs is 6. The second-order valence-corrected chi connectivity index (χ2v) is 14.3. The Bertz CT molecular complexity index is 2050. The van der Waals surface area contributed by atoms with Crippen LogP contribution in [0.25, 0.3) is 22.3 Å². The maximum Gasteiger partial charge on any atom is 0.0714 e. The maximum absolute atomic E-state index is 3.82. The van der Waals surface area contributed by atoms with E-state index in [1.165, 1.54) is 61.2 Å². The van der Waals surface area contributed by atoms with Gasteiger partial charge in [-0.3, -0.25) is 0 Å². The van der Waals surface area contributed by atoms with E-state index in [-0.39, 0.29) is 10.8 Å². The normalized spacial score (nSPS) is 15.1. The number of hydrogen-bond acceptors (Lipinski definition) is 1. The number of anilines is 2. The highest BCUT2D eigenvalue weighted by molar-refractivity contribution is 5.88. The van der Waals surface area contributed by atoms with Crippen molar-refractivity contribution < 1.29 is 0 Å². The van der Waals surface area contributed by atoms with Gasteiger partial charge < -0.3 is 5.32 Å². The Morgan fingerprint density at radius 1 is 0.467 bits per heavy atom. The molecule has 220 valence electrons. The summed E-state index contributed by atoms with van der Waals surface area (Å²) in [6.07, 6.45) is 0. The Kier molecular flexibility index (Phi) is 6.03. The Labute approximate surface area is 267 Å². The quantitative estimate of drug-likeness (QED) is 0.218. The van der Waals surface area contributed by atoms with E-state index in [2.05, 4.69) is 179 Å². The average Bonchev–Trinajstić information content (AvgIpc) is 3.48. The van der Waals surface area contributed by atoms with Gasteiger partial charge in [0.25, 0.3) is 0 Å². The first-order valence-electron chi connectivity index (χ1n) is 16.1. The molecule has 1 heteroatoms. The summed E-state index contributed by atoms with van der Waals surface area (Å²) >= 11 is 0. The minimum Gasteiger partial charge on any atom is -0.356 e. The van der Waals surface area contributed by atoms with E-state index < -0.39 is 5.41 Å². The first-order chi connectivity index (χ1) is 21.7. The molecular weight excluding hydrogens is 542 g/mol. The predicted molar refractivity (Wildman–Crippen MR) is 190 cm³/mol. The summed E-state index contributed by atoms with van der Waals surface area (Å²) in [6, 6.07) is 51.7. The third kappa shape index (κ3) is 4.00. The topological polar surface area (TPSA) is 12.0 Å². The molecule has 0 bridgehead atoms. The van der Waals surface area contributed by atoms with E-state index in [1.807, 2.05) is 0 Å². The van der Waals surface area contributed by atoms with Crippen LogP contribution < -0.4 is 5.32 Å². The van der Waals surface area contributed by atoms with E-state index in [4.69, 9.17) is 0 Å². The van der Waals surface area contributed by atoms with E-state index in [9.17, 15) is 0 Å². The van der Waals surface area contributed by atoms with Gasteiger partial charge in [-0.25, -0.2) is 0 Å². The summed E-state index contributed by atoms with van der Waals surface area (Å²) < 4.78 is 0. The lowest BCUT2D eigenvalue weighted by atomic mass is 9.67. The molecule has 1 N–H and O–H groups in total. The molecule has 0 aliphatic heterocycles. The molecule has 0 spiro atoms. The Balaban J connectivity index is 1.25. The third-order valence-corrected chi connectivity index (χ3v) is 10.3. The summed E-state index contributed by atoms with van der Waals surface area (Å²) in [7, 11) is 0. The molecule has 1 nitrogen and oxygen atoms in total. The minimum absolute atomic E-state index is 0.0693. The third-order valence-electron chi connectivity index (χ3n) is 10.3. The standard InChI is InChI=1S/C44H39N/c1-42(2,3)38-23-14-24-39-41(38)35-26-25-32(28-40(35)43(39,4)5)45-31-18-13-17-30(27-31)44(29-15-7-6-8-16-29)36-21-11-9-19-33(36)34-20-10-12-22-37(34)44/h6-28,45H,1-5H3. The Morgan fingerprint density at radius 3 is 1.73 bits per heavy atom. The second kappa shape index (κ2) is 9.81. The molecule has 0 amide bonds. The van der Waals surface area contributed by atoms with Gasteiger partial charge in [0.05, 0.1) is 5.41 Å². The molecule has 0 aromatic heterocycles. The monoisotopic (exact) mass is 581 g/mol. The van der Waals surface area contributed by atoms with Crippen LogP contribution in [0.1, 0.15) is 73.6 Å². The van der Waals surface area contributed by atoms with Gasteiger partial charge in [-0.2, -0.15) is 0 Å². The van der Waals surface area contributed by atoms with Gasteiger partial charge in [-0.15, -0.1) is 0 Å². The van der Waals surface area contributed by atoms with E-state index in [0.29, 0.717) is 0 Å². The molecule has 6 aromatic carbocycles. The van der Waals surface area contributed by atoms with Crippen LogP contribution in [0.4, 0.5) is 11.4 Å². The van der Waals surface area contributed by atoms with Gasteiger partial charge in [0.15, 0.2) is 0 Å². The predicted octanol–water partition coefficient (Wildman–Crippen LogP) is 11.4. The van der Waals surface area contributed by atoms with Crippen molar-refractivity contribution >= 4 is 11.4 Å². The van der Waals surface area contributed by atoms with Crippen molar-refractivity contribution in [2.45, 2.75) is 50.9 Å². The molecular formula is C44H39N. The largest absolute Gasteiger partial charge is 0.356 e. The molecule has 6 aromatic rings. The lowest BCUT2D eigenvalue weighted by Gasteiger charge is -2.34. The number of nitrogens with one attached hydrogen (secondary N) is 1. The van der Waals surface area contributed by atoms with E-state index in [0.717, 1.165) is 11.4 Å². The zero-order valence-corrected chi connectivity index (χ0v) is 26.8. The summed E-state index contributed by atoms with van der Waals surface area (Å²) in [5.41, 5.74) is 16.7. The van der Waals surface area contributed by atoms with Gasteiger partial charge in [-0.1, -0.05) is 150 Å². The van der Waals surface area contributed by atoms with Gasteiger partial charge >= 0.3 is 0 Å². The maximum atomic E-state index is 3.82. The van der Waals surface area contributed by atoms with Crippen molar-refractivity contribution in [1.29, 1.82) is 0 Å². The SMILES string of the molecule is CC(C)(C)c1cccc2c1-c1ccc(Nc3cccc(C4(c5ccccc5)c5ccccc5-c5ccccc54)c3)cc1C2(C)C. The van der Waals surface area contributed by atoms with E-state index >= 15 is 0 Å². The fourth-order valence-electron chi connectivity index (χ4n) is 8.20. The Hall–Kier alpha value is -4.88. The van der Waals surface area contributed by atoms with Crippen LogP contribution in [0.5, 0.6) is 0 Å². The van der Waals surface area contributed by atoms with Crippen LogP contribution in [-0.4, -0.2) is 0 Å². The van der Waals surface area contributed by atoms with Crippen molar-refractivity contribution in [3.8, 4) is 22.3 Å². The van der Waals surface area contributed by atoms with Crippen molar-refractivity contribution in [1.82, 2.24) is 0 Å². The average molecular weight is 582 g/mol. The molecule has 0 saturated carbocycles. The number of benzene rings is 6. The molecule has 0 radical (unpaired) electrons. The minimum atomic E-state index is -0.406. The number of rotatable bonds is 4. The van der Waals surface area contributed by atoms with E-state index in [1.54, 1.807) is 0 Å². The van der Waals surface area contributed by atoms with Crippen LogP contribution in [0.3, 0.4) is 0 Å². The fraction of sp³-hybridized carbons (Fsp3) is 0.182. The second-order valence-electron chi connectivity index (χ2n) is 14.3. The molecule has 2 aliphatic rings. The van der Waals surface area contributed by atoms with Gasteiger partial charge in [-0.05, 0) is 90.9 Å². The fourth-order valence-corrected chi connectivity index (χ4v) is 8.20. The van der Waals surface area contributed by atoms with Crippen molar-refractivity contribution in [2.24, 2.45) is 0 Å². The molecule has 0 unspecified atom stereocenters. The zero-order chi connectivity index (χ0) is 31.0. The molecule has 0 fully saturated rings. The van der Waals surface area contributed by atoms with Gasteiger partial charge in [0.2, 0.25) is 0 Å². The zero-order valence-electron chi connectivity index (χ0n) is 26.8. The van der Waals surface area contributed by atoms with Crippen molar-refractivity contribution in [3.63, 3.8) is 0 Å². The van der Waals surface area contributed by atoms with Crippen LogP contribution in [0, 0.1) is 0 Å². The summed E-state index contributed by atoms with van der Waals surface area (Å²) in [5, 5.41) is 3.82. The molecule has 0 saturated heterocycles. The first-order valence-corrected chi connectivity index (χ1v) is 16.1. The lowest BCUT2D eigenvalue weighted by molar-refractivity contribution is 0.589. The molecule has 2 aliphatic carbocycles. The van der Waals surface area contributed by atoms with Gasteiger partial charge in [0.1, 0.15) is 0 Å². The highest BCUT2D eigenvalue weighted by Gasteiger charge is 2.46. The molecule has 0 atom stereocenters. The Morgan fingerprint density at radius 2 is 1.04 bits per heavy atom. The summed E-state index contributed by atoms with van der Waals surface area (Å²) in [6.45, 7) is 11.7. The van der Waals surface area contributed by atoms with Crippen LogP contribution in [0.15, 0.2) is 140 Å². The van der Waals surface area contributed by atoms with Crippen LogP contribution >= 0.6 is 0 Å². The summed E-state index contributed by atoms with van der Waals surface area (Å²) in [4.78, 5) is 0. The molecule has 8 rings (SSSR count). The van der Waals surface area contributed by atoms with Crippen LogP contribution in [-0.2, 0) is 16.2 Å². The highest BCUT2D eigenvalue weighted by Crippen LogP contribution is 2.56. The smallest absolute Gasteiger partial charge is 0.0714 e. The van der Waals surface area contributed by atoms with Crippen LogP contribution in [0.2, 0.25) is 0 Å². The first kappa shape index (κ1) is 27.7. The summed E-state index contributed by atoms with van der Waals surface area (Å²) in [5.74, 6) is 0. The highest BCUT2D eigenvalue weighted by atomic mass is 14.9. The number of hydrogen-bond donors (Lipinski definition) is 1.